The number of para-hydroxylation sites is 2. The highest BCUT2D eigenvalue weighted by molar-refractivity contribution is 5.81. The number of benzene rings is 4. The first kappa shape index (κ1) is 28.5. The van der Waals surface area contributed by atoms with Crippen LogP contribution in [0.5, 0.6) is 11.5 Å². The summed E-state index contributed by atoms with van der Waals surface area (Å²) in [5.74, 6) is 1.99. The van der Waals surface area contributed by atoms with E-state index in [-0.39, 0.29) is 18.2 Å². The van der Waals surface area contributed by atoms with Crippen LogP contribution in [0.4, 0.5) is 34.9 Å². The van der Waals surface area contributed by atoms with Crippen molar-refractivity contribution in [2.75, 3.05) is 22.7 Å². The molecule has 12 heteroatoms. The Morgan fingerprint density at radius 3 is 1.95 bits per heavy atom. The molecule has 0 aliphatic rings. The van der Waals surface area contributed by atoms with Crippen molar-refractivity contribution in [2.45, 2.75) is 13.5 Å². The van der Waals surface area contributed by atoms with Crippen molar-refractivity contribution in [3.05, 3.63) is 124 Å². The lowest BCUT2D eigenvalue weighted by Gasteiger charge is -2.12. The topological polar surface area (TPSA) is 149 Å². The normalized spacial score (nSPS) is 10.7. The number of hydrazone groups is 1. The molecule has 0 unspecified atom stereocenters. The average Bonchev–Trinajstić information content (AvgIpc) is 3.02. The summed E-state index contributed by atoms with van der Waals surface area (Å²) in [4.78, 5) is 23.8. The first-order valence-electron chi connectivity index (χ1n) is 13.4. The van der Waals surface area contributed by atoms with E-state index in [2.05, 4.69) is 36.1 Å². The van der Waals surface area contributed by atoms with Crippen LogP contribution < -0.4 is 25.5 Å². The lowest BCUT2D eigenvalue weighted by molar-refractivity contribution is -0.384. The van der Waals surface area contributed by atoms with Gasteiger partial charge in [-0.15, -0.1) is 0 Å². The smallest absolute Gasteiger partial charge is 0.269 e. The standard InChI is InChI=1S/C31H28N8O4/c1-2-42-28-19-23(15-18-27(28)43-21-22-13-16-26(17-14-22)39(40)41)20-32-38-31-36-29(33-24-9-5-3-6-10-24)35-30(37-31)34-25-11-7-4-8-12-25/h3-20H,2,21H2,1H3,(H3,33,34,35,36,37,38)/b32-20+. The molecule has 43 heavy (non-hydrogen) atoms. The third-order valence-electron chi connectivity index (χ3n) is 5.88. The summed E-state index contributed by atoms with van der Waals surface area (Å²) in [5, 5.41) is 21.6. The van der Waals surface area contributed by atoms with Crippen LogP contribution in [0.2, 0.25) is 0 Å². The van der Waals surface area contributed by atoms with Gasteiger partial charge in [-0.2, -0.15) is 20.1 Å². The summed E-state index contributed by atoms with van der Waals surface area (Å²) in [6.07, 6.45) is 1.61. The highest BCUT2D eigenvalue weighted by Gasteiger charge is 2.10. The number of nitro benzene ring substituents is 1. The molecular weight excluding hydrogens is 548 g/mol. The molecule has 216 valence electrons. The summed E-state index contributed by atoms with van der Waals surface area (Å²) >= 11 is 0. The first-order valence-corrected chi connectivity index (χ1v) is 13.4. The van der Waals surface area contributed by atoms with Crippen LogP contribution in [0.3, 0.4) is 0 Å². The van der Waals surface area contributed by atoms with E-state index in [1.807, 2.05) is 73.7 Å². The van der Waals surface area contributed by atoms with Crippen LogP contribution in [0, 0.1) is 10.1 Å². The van der Waals surface area contributed by atoms with E-state index < -0.39 is 4.92 Å². The predicted molar refractivity (Wildman–Crippen MR) is 166 cm³/mol. The van der Waals surface area contributed by atoms with Gasteiger partial charge in [0.05, 0.1) is 17.7 Å². The van der Waals surface area contributed by atoms with Crippen molar-refractivity contribution in [1.29, 1.82) is 0 Å². The number of nitro groups is 1. The lowest BCUT2D eigenvalue weighted by atomic mass is 10.2. The molecule has 1 heterocycles. The van der Waals surface area contributed by atoms with Gasteiger partial charge in [0.1, 0.15) is 6.61 Å². The van der Waals surface area contributed by atoms with Gasteiger partial charge < -0.3 is 20.1 Å². The second-order valence-electron chi connectivity index (χ2n) is 9.01. The Morgan fingerprint density at radius 2 is 1.37 bits per heavy atom. The van der Waals surface area contributed by atoms with E-state index in [1.165, 1.54) is 12.1 Å². The summed E-state index contributed by atoms with van der Waals surface area (Å²) in [7, 11) is 0. The van der Waals surface area contributed by atoms with E-state index >= 15 is 0 Å². The van der Waals surface area contributed by atoms with Gasteiger partial charge in [-0.05, 0) is 72.6 Å². The van der Waals surface area contributed by atoms with Crippen LogP contribution in [-0.2, 0) is 6.61 Å². The van der Waals surface area contributed by atoms with E-state index in [9.17, 15) is 10.1 Å². The maximum absolute atomic E-state index is 10.9. The van der Waals surface area contributed by atoms with Gasteiger partial charge in [0.25, 0.3) is 5.69 Å². The number of nitrogens with zero attached hydrogens (tertiary/aromatic N) is 5. The van der Waals surface area contributed by atoms with Crippen LogP contribution >= 0.6 is 0 Å². The molecule has 1 aromatic heterocycles. The largest absolute Gasteiger partial charge is 0.490 e. The summed E-state index contributed by atoms with van der Waals surface area (Å²) in [5.41, 5.74) is 6.10. The number of ether oxygens (including phenoxy) is 2. The number of aromatic nitrogens is 3. The van der Waals surface area contributed by atoms with Gasteiger partial charge in [-0.1, -0.05) is 36.4 Å². The molecule has 0 aliphatic carbocycles. The molecule has 0 spiro atoms. The molecule has 0 bridgehead atoms. The number of anilines is 5. The van der Waals surface area contributed by atoms with Gasteiger partial charge in [0, 0.05) is 23.5 Å². The van der Waals surface area contributed by atoms with E-state index in [0.29, 0.717) is 30.0 Å². The van der Waals surface area contributed by atoms with Crippen molar-refractivity contribution >= 4 is 41.1 Å². The predicted octanol–water partition coefficient (Wildman–Crippen LogP) is 6.69. The maximum Gasteiger partial charge on any atom is 0.269 e. The van der Waals surface area contributed by atoms with Crippen LogP contribution in [-0.4, -0.2) is 32.7 Å². The van der Waals surface area contributed by atoms with Crippen molar-refractivity contribution in [1.82, 2.24) is 15.0 Å². The van der Waals surface area contributed by atoms with Crippen molar-refractivity contribution in [3.63, 3.8) is 0 Å². The molecule has 5 aromatic rings. The molecule has 0 aliphatic heterocycles. The first-order chi connectivity index (χ1) is 21.1. The Kier molecular flexibility index (Phi) is 9.30. The van der Waals surface area contributed by atoms with E-state index in [1.54, 1.807) is 30.5 Å². The van der Waals surface area contributed by atoms with Crippen LogP contribution in [0.25, 0.3) is 0 Å². The number of hydrogen-bond donors (Lipinski definition) is 3. The molecule has 0 saturated carbocycles. The molecule has 5 rings (SSSR count). The highest BCUT2D eigenvalue weighted by Crippen LogP contribution is 2.29. The minimum absolute atomic E-state index is 0.0283. The van der Waals surface area contributed by atoms with Crippen molar-refractivity contribution < 1.29 is 14.4 Å². The fourth-order valence-electron chi connectivity index (χ4n) is 3.87. The van der Waals surface area contributed by atoms with Crippen molar-refractivity contribution in [3.8, 4) is 11.5 Å². The lowest BCUT2D eigenvalue weighted by Crippen LogP contribution is -2.07. The zero-order valence-corrected chi connectivity index (χ0v) is 23.2. The maximum atomic E-state index is 10.9. The molecule has 0 fully saturated rings. The van der Waals surface area contributed by atoms with E-state index in [4.69, 9.17) is 9.47 Å². The van der Waals surface area contributed by atoms with Crippen LogP contribution in [0.15, 0.2) is 108 Å². The molecule has 0 saturated heterocycles. The molecular formula is C31H28N8O4. The van der Waals surface area contributed by atoms with Gasteiger partial charge >= 0.3 is 0 Å². The van der Waals surface area contributed by atoms with E-state index in [0.717, 1.165) is 22.5 Å². The minimum Gasteiger partial charge on any atom is -0.490 e. The highest BCUT2D eigenvalue weighted by atomic mass is 16.6. The number of non-ortho nitro benzene ring substituents is 1. The minimum atomic E-state index is -0.436. The summed E-state index contributed by atoms with van der Waals surface area (Å²) in [6.45, 7) is 2.54. The van der Waals surface area contributed by atoms with Gasteiger partial charge in [0.15, 0.2) is 11.5 Å². The fourth-order valence-corrected chi connectivity index (χ4v) is 3.87. The Labute approximate surface area is 247 Å². The Morgan fingerprint density at radius 1 is 0.767 bits per heavy atom. The van der Waals surface area contributed by atoms with Crippen molar-refractivity contribution in [2.24, 2.45) is 5.10 Å². The zero-order valence-electron chi connectivity index (χ0n) is 23.2. The fraction of sp³-hybridized carbons (Fsp3) is 0.0968. The SMILES string of the molecule is CCOc1cc(/C=N/Nc2nc(Nc3ccccc3)nc(Nc3ccccc3)n2)ccc1OCc1ccc([N+](=O)[O-])cc1. The second-order valence-corrected chi connectivity index (χ2v) is 9.01. The molecule has 0 amide bonds. The molecule has 4 aromatic carbocycles. The molecule has 12 nitrogen and oxygen atoms in total. The number of hydrogen-bond acceptors (Lipinski definition) is 11. The Bertz CT molecular complexity index is 1620. The molecule has 0 atom stereocenters. The second kappa shape index (κ2) is 14.0. The van der Waals surface area contributed by atoms with Gasteiger partial charge in [0.2, 0.25) is 17.8 Å². The summed E-state index contributed by atoms with van der Waals surface area (Å²) < 4.78 is 11.7. The van der Waals surface area contributed by atoms with Gasteiger partial charge in [-0.3, -0.25) is 10.1 Å². The third-order valence-corrected chi connectivity index (χ3v) is 5.88. The Hall–Kier alpha value is -6.04. The third kappa shape index (κ3) is 8.24. The Balaban J connectivity index is 1.29. The number of nitrogens with one attached hydrogen (secondary N) is 3. The molecule has 0 radical (unpaired) electrons. The quantitative estimate of drug-likeness (QED) is 0.0786. The monoisotopic (exact) mass is 576 g/mol. The number of rotatable bonds is 13. The van der Waals surface area contributed by atoms with Crippen LogP contribution in [0.1, 0.15) is 18.1 Å². The molecule has 3 N–H and O–H groups in total. The summed E-state index contributed by atoms with van der Waals surface area (Å²) in [6, 6.07) is 30.8. The average molecular weight is 577 g/mol. The zero-order chi connectivity index (χ0) is 29.9. The van der Waals surface area contributed by atoms with Gasteiger partial charge in [-0.25, -0.2) is 5.43 Å².